The molecule has 0 unspecified atom stereocenters. The van der Waals surface area contributed by atoms with Gasteiger partial charge in [-0.05, 0) is 42.8 Å². The fraction of sp³-hybridized carbons (Fsp3) is 0.192. The highest BCUT2D eigenvalue weighted by Crippen LogP contribution is 2.43. The molecular weight excluding hydrogens is 461 g/mol. The van der Waals surface area contributed by atoms with E-state index in [1.165, 1.54) is 0 Å². The zero-order valence-electron chi connectivity index (χ0n) is 18.2. The van der Waals surface area contributed by atoms with Crippen molar-refractivity contribution in [1.29, 1.82) is 0 Å². The van der Waals surface area contributed by atoms with E-state index < -0.39 is 0 Å². The van der Waals surface area contributed by atoms with Crippen LogP contribution in [0.15, 0.2) is 54.3 Å². The second-order valence-corrected chi connectivity index (χ2v) is 8.89. The minimum atomic E-state index is -0.177. The normalized spacial score (nSPS) is 16.2. The van der Waals surface area contributed by atoms with Crippen molar-refractivity contribution in [2.24, 2.45) is 0 Å². The van der Waals surface area contributed by atoms with Gasteiger partial charge in [-0.15, -0.1) is 0 Å². The highest BCUT2D eigenvalue weighted by molar-refractivity contribution is 6.35. The second-order valence-electron chi connectivity index (χ2n) is 8.04. The number of allylic oxidation sites excluding steroid dienone is 1. The number of methoxy groups -OCH3 is 1. The van der Waals surface area contributed by atoms with Crippen LogP contribution in [0.5, 0.6) is 17.2 Å². The molecule has 0 saturated carbocycles. The molecule has 168 valence electrons. The standard InChI is InChI=1S/C26H21Cl2NO4/c1-15-25-18(13-29(14-32-25)12-17-5-3-4-6-22(17)31-2)9-20-24(30)23(33-26(15)20)10-16-7-8-19(27)11-21(16)28/h3-11H,12-14H2,1-2H3/b23-10-. The number of hydrogen-bond acceptors (Lipinski definition) is 5. The van der Waals surface area contributed by atoms with Gasteiger partial charge < -0.3 is 14.2 Å². The number of ketones is 1. The van der Waals surface area contributed by atoms with E-state index in [2.05, 4.69) is 4.90 Å². The number of hydrogen-bond donors (Lipinski definition) is 0. The Hall–Kier alpha value is -2.99. The number of Topliss-reactive ketones (excluding diaryl/α,β-unsaturated/α-hetero) is 1. The molecule has 2 aliphatic heterocycles. The van der Waals surface area contributed by atoms with Crippen LogP contribution in [0, 0.1) is 6.92 Å². The van der Waals surface area contributed by atoms with E-state index >= 15 is 0 Å². The molecule has 0 aliphatic carbocycles. The topological polar surface area (TPSA) is 48.0 Å². The zero-order valence-corrected chi connectivity index (χ0v) is 19.7. The molecule has 5 nitrogen and oxygen atoms in total. The van der Waals surface area contributed by atoms with Gasteiger partial charge in [0.2, 0.25) is 5.78 Å². The number of rotatable bonds is 4. The summed E-state index contributed by atoms with van der Waals surface area (Å²) in [6.07, 6.45) is 1.65. The Morgan fingerprint density at radius 2 is 1.94 bits per heavy atom. The largest absolute Gasteiger partial charge is 0.496 e. The smallest absolute Gasteiger partial charge is 0.231 e. The molecule has 3 aromatic carbocycles. The maximum absolute atomic E-state index is 13.1. The van der Waals surface area contributed by atoms with Crippen LogP contribution in [-0.4, -0.2) is 24.5 Å². The number of nitrogens with zero attached hydrogens (tertiary/aromatic N) is 1. The number of ether oxygens (including phenoxy) is 3. The quantitative estimate of drug-likeness (QED) is 0.410. The molecular formula is C26H21Cl2NO4. The molecule has 5 rings (SSSR count). The van der Waals surface area contributed by atoms with E-state index in [-0.39, 0.29) is 11.5 Å². The van der Waals surface area contributed by atoms with Gasteiger partial charge in [0.15, 0.2) is 5.76 Å². The summed E-state index contributed by atoms with van der Waals surface area (Å²) >= 11 is 12.3. The second kappa shape index (κ2) is 8.75. The number of benzene rings is 3. The Bertz CT molecular complexity index is 1300. The summed E-state index contributed by atoms with van der Waals surface area (Å²) in [4.78, 5) is 15.3. The van der Waals surface area contributed by atoms with Gasteiger partial charge in [0.1, 0.15) is 24.0 Å². The Kier molecular flexibility index (Phi) is 5.79. The fourth-order valence-corrected chi connectivity index (χ4v) is 4.70. The van der Waals surface area contributed by atoms with Crippen LogP contribution in [0.2, 0.25) is 10.0 Å². The molecule has 0 saturated heterocycles. The summed E-state index contributed by atoms with van der Waals surface area (Å²) in [5, 5.41) is 0.983. The lowest BCUT2D eigenvalue weighted by Crippen LogP contribution is -2.32. The highest BCUT2D eigenvalue weighted by atomic mass is 35.5. The fourth-order valence-electron chi connectivity index (χ4n) is 4.23. The van der Waals surface area contributed by atoms with Crippen LogP contribution < -0.4 is 14.2 Å². The third-order valence-electron chi connectivity index (χ3n) is 5.84. The van der Waals surface area contributed by atoms with Gasteiger partial charge in [-0.3, -0.25) is 9.69 Å². The van der Waals surface area contributed by atoms with Crippen LogP contribution in [0.3, 0.4) is 0 Å². The zero-order chi connectivity index (χ0) is 23.1. The van der Waals surface area contributed by atoms with Crippen LogP contribution in [0.4, 0.5) is 0 Å². The maximum Gasteiger partial charge on any atom is 0.231 e. The van der Waals surface area contributed by atoms with E-state index in [4.69, 9.17) is 37.4 Å². The first kappa shape index (κ1) is 21.8. The molecule has 0 fully saturated rings. The predicted molar refractivity (Wildman–Crippen MR) is 128 cm³/mol. The first-order valence-electron chi connectivity index (χ1n) is 10.5. The average molecular weight is 482 g/mol. The van der Waals surface area contributed by atoms with Crippen molar-refractivity contribution in [3.63, 3.8) is 0 Å². The van der Waals surface area contributed by atoms with Gasteiger partial charge >= 0.3 is 0 Å². The number of carbonyl (C=O) groups excluding carboxylic acids is 1. The first-order valence-corrected chi connectivity index (χ1v) is 11.2. The summed E-state index contributed by atoms with van der Waals surface area (Å²) in [7, 11) is 1.67. The van der Waals surface area contributed by atoms with Crippen molar-refractivity contribution in [2.75, 3.05) is 13.8 Å². The van der Waals surface area contributed by atoms with Crippen LogP contribution in [-0.2, 0) is 13.1 Å². The molecule has 0 N–H and O–H groups in total. The van der Waals surface area contributed by atoms with Crippen LogP contribution in [0.25, 0.3) is 6.08 Å². The number of halogens is 2. The van der Waals surface area contributed by atoms with Gasteiger partial charge in [-0.1, -0.05) is 47.5 Å². The van der Waals surface area contributed by atoms with Crippen molar-refractivity contribution in [3.8, 4) is 17.2 Å². The Balaban J connectivity index is 1.43. The first-order chi connectivity index (χ1) is 15.9. The van der Waals surface area contributed by atoms with E-state index in [1.807, 2.05) is 37.3 Å². The van der Waals surface area contributed by atoms with Crippen molar-refractivity contribution in [1.82, 2.24) is 4.90 Å². The van der Waals surface area contributed by atoms with E-state index in [0.717, 1.165) is 28.2 Å². The van der Waals surface area contributed by atoms with Crippen molar-refractivity contribution < 1.29 is 19.0 Å². The molecule has 0 bridgehead atoms. The lowest BCUT2D eigenvalue weighted by molar-refractivity contribution is 0.0869. The van der Waals surface area contributed by atoms with Gasteiger partial charge in [0.05, 0.1) is 12.7 Å². The maximum atomic E-state index is 13.1. The van der Waals surface area contributed by atoms with Gasteiger partial charge in [-0.25, -0.2) is 0 Å². The number of fused-ring (bicyclic) bond motifs is 2. The molecule has 0 spiro atoms. The van der Waals surface area contributed by atoms with Gasteiger partial charge in [0.25, 0.3) is 0 Å². The molecule has 2 heterocycles. The van der Waals surface area contributed by atoms with Crippen LogP contribution in [0.1, 0.15) is 32.6 Å². The Morgan fingerprint density at radius 3 is 2.73 bits per heavy atom. The average Bonchev–Trinajstić information content (AvgIpc) is 3.12. The Labute approximate surface area is 202 Å². The van der Waals surface area contributed by atoms with Gasteiger partial charge in [0, 0.05) is 39.8 Å². The third-order valence-corrected chi connectivity index (χ3v) is 6.40. The SMILES string of the molecule is COc1ccccc1CN1COc2c(cc3c(c2C)O/C(=C\c2ccc(Cl)cc2Cl)C3=O)C1. The molecule has 2 aliphatic rings. The van der Waals surface area contributed by atoms with Crippen molar-refractivity contribution in [3.05, 3.63) is 92.2 Å². The van der Waals surface area contributed by atoms with E-state index in [0.29, 0.717) is 46.7 Å². The molecule has 3 aromatic rings. The molecule has 0 atom stereocenters. The summed E-state index contributed by atoms with van der Waals surface area (Å²) in [5.41, 5.74) is 4.05. The molecule has 0 amide bonds. The molecule has 33 heavy (non-hydrogen) atoms. The minimum absolute atomic E-state index is 0.177. The number of para-hydroxylation sites is 1. The minimum Gasteiger partial charge on any atom is -0.496 e. The summed E-state index contributed by atoms with van der Waals surface area (Å²) in [5.74, 6) is 2.19. The predicted octanol–water partition coefficient (Wildman–Crippen LogP) is 6.28. The lowest BCUT2D eigenvalue weighted by atomic mass is 9.99. The third kappa shape index (κ3) is 4.08. The highest BCUT2D eigenvalue weighted by Gasteiger charge is 2.33. The summed E-state index contributed by atoms with van der Waals surface area (Å²) < 4.78 is 17.5. The van der Waals surface area contributed by atoms with E-state index in [9.17, 15) is 4.79 Å². The number of carbonyl (C=O) groups is 1. The van der Waals surface area contributed by atoms with Crippen molar-refractivity contribution >= 4 is 35.1 Å². The Morgan fingerprint density at radius 1 is 1.12 bits per heavy atom. The lowest BCUT2D eigenvalue weighted by Gasteiger charge is -2.30. The molecule has 7 heteroatoms. The monoisotopic (exact) mass is 481 g/mol. The van der Waals surface area contributed by atoms with Crippen LogP contribution >= 0.6 is 23.2 Å². The van der Waals surface area contributed by atoms with E-state index in [1.54, 1.807) is 31.4 Å². The molecule has 0 radical (unpaired) electrons. The summed E-state index contributed by atoms with van der Waals surface area (Å²) in [6.45, 7) is 3.67. The molecule has 0 aromatic heterocycles. The van der Waals surface area contributed by atoms with Crippen molar-refractivity contribution in [2.45, 2.75) is 20.0 Å². The summed E-state index contributed by atoms with van der Waals surface area (Å²) in [6, 6.07) is 14.9. The van der Waals surface area contributed by atoms with Gasteiger partial charge in [-0.2, -0.15) is 0 Å².